The van der Waals surface area contributed by atoms with Crippen molar-refractivity contribution >= 4 is 22.9 Å². The van der Waals surface area contributed by atoms with Crippen LogP contribution in [-0.2, 0) is 6.54 Å². The molecule has 0 unspecified atom stereocenters. The zero-order chi connectivity index (χ0) is 19.4. The molecule has 0 saturated heterocycles. The molecule has 11 nitrogen and oxygen atoms in total. The zero-order valence-corrected chi connectivity index (χ0v) is 15.0. The summed E-state index contributed by atoms with van der Waals surface area (Å²) in [4.78, 5) is 10.3. The van der Waals surface area contributed by atoms with Gasteiger partial charge >= 0.3 is 0 Å². The van der Waals surface area contributed by atoms with E-state index in [0.29, 0.717) is 35.2 Å². The molecule has 27 heavy (non-hydrogen) atoms. The Morgan fingerprint density at radius 3 is 2.59 bits per heavy atom. The molecule has 0 radical (unpaired) electrons. The van der Waals surface area contributed by atoms with Crippen molar-refractivity contribution in [2.75, 3.05) is 30.6 Å². The fraction of sp³-hybridized carbons (Fsp3) is 0.375. The Balaban J connectivity index is 1.92. The summed E-state index contributed by atoms with van der Waals surface area (Å²) in [6.45, 7) is 2.39. The summed E-state index contributed by atoms with van der Waals surface area (Å²) >= 11 is 0. The van der Waals surface area contributed by atoms with E-state index in [2.05, 4.69) is 30.7 Å². The minimum Gasteiger partial charge on any atom is -0.507 e. The van der Waals surface area contributed by atoms with Crippen LogP contribution in [0, 0.1) is 0 Å². The molecule has 3 aromatic rings. The zero-order valence-electron chi connectivity index (χ0n) is 15.0. The largest absolute Gasteiger partial charge is 0.507 e. The molecule has 1 aromatic carbocycles. The van der Waals surface area contributed by atoms with Gasteiger partial charge in [-0.25, -0.2) is 5.10 Å². The Morgan fingerprint density at radius 2 is 1.96 bits per heavy atom. The highest BCUT2D eigenvalue weighted by Crippen LogP contribution is 2.33. The molecule has 0 aliphatic rings. The topological polar surface area (TPSA) is 153 Å². The molecule has 144 valence electrons. The SMILES string of the molecule is CCCN(CO)c1nc(NCc2c(O)cc(OC)cc2O)c2nn[nH]c2n1. The van der Waals surface area contributed by atoms with Crippen molar-refractivity contribution in [3.8, 4) is 17.2 Å². The number of phenols is 2. The highest BCUT2D eigenvalue weighted by Gasteiger charge is 2.17. The van der Waals surface area contributed by atoms with E-state index in [0.717, 1.165) is 6.42 Å². The lowest BCUT2D eigenvalue weighted by molar-refractivity contribution is 0.288. The number of methoxy groups -OCH3 is 1. The van der Waals surface area contributed by atoms with E-state index in [4.69, 9.17) is 4.74 Å². The first-order valence-corrected chi connectivity index (χ1v) is 8.34. The number of phenolic OH excluding ortho intramolecular Hbond substituents is 2. The maximum atomic E-state index is 10.1. The second kappa shape index (κ2) is 7.91. The number of aliphatic hydroxyl groups excluding tert-OH is 1. The molecule has 2 heterocycles. The van der Waals surface area contributed by atoms with Gasteiger partial charge in [-0.05, 0) is 6.42 Å². The molecule has 0 spiro atoms. The standard InChI is InChI=1S/C16H21N7O4/c1-3-4-23(8-24)16-18-14(13-15(19-16)21-22-20-13)17-7-10-11(25)5-9(27-2)6-12(10)26/h5-6,24-26H,3-4,7-8H2,1-2H3,(H2,17,18,19,20,21,22). The normalized spacial score (nSPS) is 10.9. The Labute approximate surface area is 154 Å². The number of anilines is 2. The van der Waals surface area contributed by atoms with Gasteiger partial charge < -0.3 is 30.3 Å². The van der Waals surface area contributed by atoms with Gasteiger partial charge in [0.1, 0.15) is 24.0 Å². The van der Waals surface area contributed by atoms with Gasteiger partial charge in [0, 0.05) is 25.2 Å². The predicted molar refractivity (Wildman–Crippen MR) is 97.9 cm³/mol. The third-order valence-electron chi connectivity index (χ3n) is 3.97. The number of H-pyrrole nitrogens is 1. The maximum absolute atomic E-state index is 10.1. The number of nitrogens with one attached hydrogen (secondary N) is 2. The van der Waals surface area contributed by atoms with Gasteiger partial charge in [-0.3, -0.25) is 0 Å². The number of aliphatic hydroxyl groups is 1. The van der Waals surface area contributed by atoms with Gasteiger partial charge in [0.15, 0.2) is 17.0 Å². The molecule has 0 atom stereocenters. The number of aromatic amines is 1. The number of fused-ring (bicyclic) bond motifs is 1. The van der Waals surface area contributed by atoms with Crippen LogP contribution in [0.25, 0.3) is 11.2 Å². The molecule has 0 amide bonds. The maximum Gasteiger partial charge on any atom is 0.231 e. The smallest absolute Gasteiger partial charge is 0.231 e. The van der Waals surface area contributed by atoms with Gasteiger partial charge in [0.25, 0.3) is 0 Å². The van der Waals surface area contributed by atoms with E-state index in [9.17, 15) is 15.3 Å². The van der Waals surface area contributed by atoms with Crippen molar-refractivity contribution in [3.05, 3.63) is 17.7 Å². The summed E-state index contributed by atoms with van der Waals surface area (Å²) < 4.78 is 5.01. The highest BCUT2D eigenvalue weighted by molar-refractivity contribution is 5.83. The number of ether oxygens (including phenoxy) is 1. The van der Waals surface area contributed by atoms with Crippen LogP contribution in [-0.4, -0.2) is 61.1 Å². The van der Waals surface area contributed by atoms with Crippen molar-refractivity contribution in [2.45, 2.75) is 19.9 Å². The molecule has 0 aliphatic heterocycles. The number of hydrogen-bond acceptors (Lipinski definition) is 10. The number of hydrogen-bond donors (Lipinski definition) is 5. The number of aromatic hydroxyl groups is 2. The average molecular weight is 375 g/mol. The van der Waals surface area contributed by atoms with Crippen LogP contribution in [0.1, 0.15) is 18.9 Å². The molecule has 0 fully saturated rings. The second-order valence-electron chi connectivity index (χ2n) is 5.78. The van der Waals surface area contributed by atoms with E-state index in [1.807, 2.05) is 6.92 Å². The third-order valence-corrected chi connectivity index (χ3v) is 3.97. The van der Waals surface area contributed by atoms with Gasteiger partial charge in [-0.15, -0.1) is 5.10 Å². The summed E-state index contributed by atoms with van der Waals surface area (Å²) in [6, 6.07) is 2.81. The van der Waals surface area contributed by atoms with Crippen LogP contribution in [0.2, 0.25) is 0 Å². The Bertz CT molecular complexity index is 907. The molecule has 0 saturated carbocycles. The molecule has 11 heteroatoms. The summed E-state index contributed by atoms with van der Waals surface area (Å²) in [5.74, 6) is 0.771. The lowest BCUT2D eigenvalue weighted by Gasteiger charge is -2.19. The molecule has 0 bridgehead atoms. The Kier molecular flexibility index (Phi) is 5.41. The first-order valence-electron chi connectivity index (χ1n) is 8.34. The lowest BCUT2D eigenvalue weighted by atomic mass is 10.1. The number of nitrogens with zero attached hydrogens (tertiary/aromatic N) is 5. The Morgan fingerprint density at radius 1 is 1.22 bits per heavy atom. The minimum absolute atomic E-state index is 0.0764. The van der Waals surface area contributed by atoms with E-state index in [1.54, 1.807) is 4.90 Å². The van der Waals surface area contributed by atoms with Crippen LogP contribution >= 0.6 is 0 Å². The summed E-state index contributed by atoms with van der Waals surface area (Å²) in [7, 11) is 1.44. The van der Waals surface area contributed by atoms with Crippen LogP contribution < -0.4 is 15.0 Å². The minimum atomic E-state index is -0.236. The molecular weight excluding hydrogens is 354 g/mol. The molecule has 2 aromatic heterocycles. The van der Waals surface area contributed by atoms with E-state index in [1.165, 1.54) is 19.2 Å². The van der Waals surface area contributed by atoms with Gasteiger partial charge in [0.05, 0.1) is 12.7 Å². The van der Waals surface area contributed by atoms with Crippen LogP contribution in [0.3, 0.4) is 0 Å². The van der Waals surface area contributed by atoms with Crippen molar-refractivity contribution in [3.63, 3.8) is 0 Å². The second-order valence-corrected chi connectivity index (χ2v) is 5.78. The first-order chi connectivity index (χ1) is 13.1. The summed E-state index contributed by atoms with van der Waals surface area (Å²) in [6.07, 6.45) is 0.805. The monoisotopic (exact) mass is 375 g/mol. The predicted octanol–water partition coefficient (Wildman–Crippen LogP) is 0.946. The van der Waals surface area contributed by atoms with Gasteiger partial charge in [0.2, 0.25) is 5.95 Å². The van der Waals surface area contributed by atoms with Crippen molar-refractivity contribution in [1.82, 2.24) is 25.4 Å². The number of benzene rings is 1. The fourth-order valence-electron chi connectivity index (χ4n) is 2.59. The lowest BCUT2D eigenvalue weighted by Crippen LogP contribution is -2.27. The van der Waals surface area contributed by atoms with E-state index < -0.39 is 0 Å². The third kappa shape index (κ3) is 3.77. The number of aromatic nitrogens is 5. The quantitative estimate of drug-likeness (QED) is 0.360. The van der Waals surface area contributed by atoms with Gasteiger partial charge in [-0.1, -0.05) is 12.1 Å². The fourth-order valence-corrected chi connectivity index (χ4v) is 2.59. The van der Waals surface area contributed by atoms with E-state index in [-0.39, 0.29) is 30.3 Å². The molecular formula is C16H21N7O4. The van der Waals surface area contributed by atoms with E-state index >= 15 is 0 Å². The first kappa shape index (κ1) is 18.5. The Hall–Kier alpha value is -3.34. The molecule has 0 aliphatic carbocycles. The molecule has 3 rings (SSSR count). The molecule has 5 N–H and O–H groups in total. The number of rotatable bonds is 8. The average Bonchev–Trinajstić information content (AvgIpc) is 3.13. The van der Waals surface area contributed by atoms with Gasteiger partial charge in [-0.2, -0.15) is 9.97 Å². The van der Waals surface area contributed by atoms with Crippen LogP contribution in [0.15, 0.2) is 12.1 Å². The van der Waals surface area contributed by atoms with Crippen molar-refractivity contribution in [2.24, 2.45) is 0 Å². The van der Waals surface area contributed by atoms with Crippen LogP contribution in [0.4, 0.5) is 11.8 Å². The summed E-state index contributed by atoms with van der Waals surface area (Å²) in [5, 5.41) is 43.2. The highest BCUT2D eigenvalue weighted by atomic mass is 16.5. The van der Waals surface area contributed by atoms with Crippen molar-refractivity contribution < 1.29 is 20.1 Å². The van der Waals surface area contributed by atoms with Crippen molar-refractivity contribution in [1.29, 1.82) is 0 Å². The van der Waals surface area contributed by atoms with Crippen LogP contribution in [0.5, 0.6) is 17.2 Å². The summed E-state index contributed by atoms with van der Waals surface area (Å²) in [5.41, 5.74) is 1.08.